The van der Waals surface area contributed by atoms with Crippen LogP contribution in [0.25, 0.3) is 0 Å². The summed E-state index contributed by atoms with van der Waals surface area (Å²) in [6, 6.07) is 5.35. The van der Waals surface area contributed by atoms with Crippen LogP contribution in [-0.2, 0) is 9.47 Å². The highest BCUT2D eigenvalue weighted by molar-refractivity contribution is 9.10. The third-order valence-electron chi connectivity index (χ3n) is 2.24. The Balaban J connectivity index is 2.45. The summed E-state index contributed by atoms with van der Waals surface area (Å²) in [6.45, 7) is 3.49. The zero-order chi connectivity index (χ0) is 13.4. The molecule has 0 fully saturated rings. The Morgan fingerprint density at radius 1 is 1.22 bits per heavy atom. The predicted octanol–water partition coefficient (Wildman–Crippen LogP) is 2.69. The third kappa shape index (κ3) is 5.16. The normalized spacial score (nSPS) is 10.4. The number of ether oxygens (including phenoxy) is 3. The van der Waals surface area contributed by atoms with Crippen LogP contribution in [0.4, 0.5) is 0 Å². The van der Waals surface area contributed by atoms with Crippen LogP contribution in [0.1, 0.15) is 17.3 Å². The molecule has 4 nitrogen and oxygen atoms in total. The summed E-state index contributed by atoms with van der Waals surface area (Å²) in [5, 5.41) is 0. The van der Waals surface area contributed by atoms with Crippen LogP contribution in [0.5, 0.6) is 5.75 Å². The highest BCUT2D eigenvalue weighted by atomic mass is 79.9. The average molecular weight is 317 g/mol. The second kappa shape index (κ2) is 8.24. The summed E-state index contributed by atoms with van der Waals surface area (Å²) < 4.78 is 16.6. The van der Waals surface area contributed by atoms with Crippen molar-refractivity contribution in [3.8, 4) is 5.75 Å². The molecule has 1 rings (SSSR count). The third-order valence-corrected chi connectivity index (χ3v) is 2.73. The van der Waals surface area contributed by atoms with Crippen LogP contribution >= 0.6 is 15.9 Å². The number of rotatable bonds is 8. The number of hydrogen-bond donors (Lipinski definition) is 0. The number of halogens is 1. The maximum Gasteiger partial charge on any atom is 0.163 e. The van der Waals surface area contributed by atoms with E-state index in [0.717, 1.165) is 4.47 Å². The number of carbonyl (C=O) groups excluding carboxylic acids is 1. The van der Waals surface area contributed by atoms with Gasteiger partial charge in [-0.25, -0.2) is 0 Å². The van der Waals surface area contributed by atoms with Gasteiger partial charge in [-0.2, -0.15) is 0 Å². The Labute approximate surface area is 115 Å². The molecule has 0 atom stereocenters. The van der Waals surface area contributed by atoms with E-state index in [2.05, 4.69) is 15.9 Å². The molecule has 0 bridgehead atoms. The van der Waals surface area contributed by atoms with Gasteiger partial charge >= 0.3 is 0 Å². The molecule has 1 aromatic rings. The Hall–Kier alpha value is -0.910. The number of methoxy groups -OCH3 is 1. The summed E-state index contributed by atoms with van der Waals surface area (Å²) in [5.74, 6) is 0.560. The van der Waals surface area contributed by atoms with Crippen LogP contribution in [0.2, 0.25) is 0 Å². The predicted molar refractivity (Wildman–Crippen MR) is 72.3 cm³/mol. The smallest absolute Gasteiger partial charge is 0.163 e. The summed E-state index contributed by atoms with van der Waals surface area (Å²) in [5.41, 5.74) is 0.579. The van der Waals surface area contributed by atoms with Gasteiger partial charge in [-0.15, -0.1) is 0 Å². The van der Waals surface area contributed by atoms with E-state index in [1.165, 1.54) is 6.92 Å². The lowest BCUT2D eigenvalue weighted by molar-refractivity contribution is 0.0542. The molecule has 100 valence electrons. The molecule has 0 unspecified atom stereocenters. The molecule has 1 aromatic carbocycles. The first-order valence-corrected chi connectivity index (χ1v) is 6.44. The fourth-order valence-corrected chi connectivity index (χ4v) is 1.70. The Morgan fingerprint density at radius 2 is 1.94 bits per heavy atom. The van der Waals surface area contributed by atoms with Crippen LogP contribution in [0.3, 0.4) is 0 Å². The van der Waals surface area contributed by atoms with E-state index in [1.807, 2.05) is 6.07 Å². The van der Waals surface area contributed by atoms with E-state index in [4.69, 9.17) is 14.2 Å². The van der Waals surface area contributed by atoms with E-state index in [1.54, 1.807) is 19.2 Å². The standard InChI is InChI=1S/C13H17BrO4/c1-10(15)12-4-3-11(14)9-13(12)18-8-7-17-6-5-16-2/h3-4,9H,5-8H2,1-2H3. The maximum absolute atomic E-state index is 11.4. The van der Waals surface area contributed by atoms with Gasteiger partial charge in [0.2, 0.25) is 0 Å². The lowest BCUT2D eigenvalue weighted by Crippen LogP contribution is -2.11. The van der Waals surface area contributed by atoms with Crippen molar-refractivity contribution < 1.29 is 19.0 Å². The molecule has 0 aliphatic rings. The van der Waals surface area contributed by atoms with Gasteiger partial charge in [0.1, 0.15) is 12.4 Å². The highest BCUT2D eigenvalue weighted by Gasteiger charge is 2.08. The van der Waals surface area contributed by atoms with Gasteiger partial charge in [0, 0.05) is 11.6 Å². The van der Waals surface area contributed by atoms with Gasteiger partial charge in [0.05, 0.1) is 25.4 Å². The van der Waals surface area contributed by atoms with E-state index in [0.29, 0.717) is 37.7 Å². The lowest BCUT2D eigenvalue weighted by Gasteiger charge is -2.10. The van der Waals surface area contributed by atoms with Gasteiger partial charge in [0.15, 0.2) is 5.78 Å². The molecule has 0 saturated heterocycles. The van der Waals surface area contributed by atoms with E-state index < -0.39 is 0 Å². The Morgan fingerprint density at radius 3 is 2.61 bits per heavy atom. The minimum atomic E-state index is -0.0159. The molecular formula is C13H17BrO4. The summed E-state index contributed by atoms with van der Waals surface area (Å²) >= 11 is 3.35. The van der Waals surface area contributed by atoms with Crippen molar-refractivity contribution in [1.29, 1.82) is 0 Å². The fourth-order valence-electron chi connectivity index (χ4n) is 1.36. The minimum absolute atomic E-state index is 0.0159. The molecule has 0 N–H and O–H groups in total. The lowest BCUT2D eigenvalue weighted by atomic mass is 10.1. The largest absolute Gasteiger partial charge is 0.490 e. The second-order valence-corrected chi connectivity index (χ2v) is 4.57. The van der Waals surface area contributed by atoms with E-state index in [9.17, 15) is 4.79 Å². The van der Waals surface area contributed by atoms with Crippen molar-refractivity contribution in [1.82, 2.24) is 0 Å². The van der Waals surface area contributed by atoms with Crippen molar-refractivity contribution in [2.45, 2.75) is 6.92 Å². The van der Waals surface area contributed by atoms with Gasteiger partial charge in [-0.05, 0) is 25.1 Å². The zero-order valence-electron chi connectivity index (χ0n) is 10.6. The van der Waals surface area contributed by atoms with Gasteiger partial charge in [0.25, 0.3) is 0 Å². The van der Waals surface area contributed by atoms with Crippen LogP contribution < -0.4 is 4.74 Å². The number of hydrogen-bond acceptors (Lipinski definition) is 4. The van der Waals surface area contributed by atoms with E-state index in [-0.39, 0.29) is 5.78 Å². The first-order chi connectivity index (χ1) is 8.65. The van der Waals surface area contributed by atoms with Crippen LogP contribution in [0.15, 0.2) is 22.7 Å². The number of ketones is 1. The average Bonchev–Trinajstić information content (AvgIpc) is 2.33. The molecule has 0 spiro atoms. The molecule has 0 heterocycles. The molecule has 0 aromatic heterocycles. The van der Waals surface area contributed by atoms with Gasteiger partial charge in [-0.1, -0.05) is 15.9 Å². The Bertz CT molecular complexity index is 393. The zero-order valence-corrected chi connectivity index (χ0v) is 12.2. The van der Waals surface area contributed by atoms with Crippen molar-refractivity contribution in [3.63, 3.8) is 0 Å². The SMILES string of the molecule is COCCOCCOc1cc(Br)ccc1C(C)=O. The van der Waals surface area contributed by atoms with Crippen LogP contribution in [-0.4, -0.2) is 39.3 Å². The number of benzene rings is 1. The minimum Gasteiger partial charge on any atom is -0.490 e. The second-order valence-electron chi connectivity index (χ2n) is 3.65. The Kier molecular flexibility index (Phi) is 6.93. The van der Waals surface area contributed by atoms with Crippen molar-refractivity contribution in [3.05, 3.63) is 28.2 Å². The van der Waals surface area contributed by atoms with Crippen LogP contribution in [0, 0.1) is 0 Å². The molecule has 5 heteroatoms. The van der Waals surface area contributed by atoms with E-state index >= 15 is 0 Å². The molecule has 0 saturated carbocycles. The molecule has 0 aliphatic carbocycles. The molecular weight excluding hydrogens is 300 g/mol. The van der Waals surface area contributed by atoms with Gasteiger partial charge in [-0.3, -0.25) is 4.79 Å². The monoisotopic (exact) mass is 316 g/mol. The highest BCUT2D eigenvalue weighted by Crippen LogP contribution is 2.24. The summed E-state index contributed by atoms with van der Waals surface area (Å²) in [7, 11) is 1.63. The summed E-state index contributed by atoms with van der Waals surface area (Å²) in [4.78, 5) is 11.4. The first kappa shape index (κ1) is 15.1. The number of carbonyl (C=O) groups is 1. The summed E-state index contributed by atoms with van der Waals surface area (Å²) in [6.07, 6.45) is 0. The topological polar surface area (TPSA) is 44.8 Å². The number of Topliss-reactive ketones (excluding diaryl/α,β-unsaturated/α-hetero) is 1. The van der Waals surface area contributed by atoms with Gasteiger partial charge < -0.3 is 14.2 Å². The maximum atomic E-state index is 11.4. The first-order valence-electron chi connectivity index (χ1n) is 5.65. The quantitative estimate of drug-likeness (QED) is 0.546. The van der Waals surface area contributed by atoms with Crippen molar-refractivity contribution in [2.24, 2.45) is 0 Å². The molecule has 0 aliphatic heterocycles. The molecule has 0 amide bonds. The van der Waals surface area contributed by atoms with Crippen molar-refractivity contribution in [2.75, 3.05) is 33.5 Å². The molecule has 18 heavy (non-hydrogen) atoms. The van der Waals surface area contributed by atoms with Crippen molar-refractivity contribution >= 4 is 21.7 Å². The molecule has 0 radical (unpaired) electrons. The fraction of sp³-hybridized carbons (Fsp3) is 0.462.